The monoisotopic (exact) mass is 483 g/mol. The van der Waals surface area contributed by atoms with Crippen LogP contribution in [0.1, 0.15) is 22.7 Å². The van der Waals surface area contributed by atoms with E-state index < -0.39 is 17.7 Å². The van der Waals surface area contributed by atoms with E-state index in [1.165, 1.54) is 4.90 Å². The molecule has 1 fully saturated rings. The second-order valence-corrected chi connectivity index (χ2v) is 8.44. The number of benzene rings is 3. The van der Waals surface area contributed by atoms with Crippen LogP contribution in [0, 0.1) is 0 Å². The minimum Gasteiger partial charge on any atom is -0.507 e. The number of aliphatic hydroxyl groups excluding tert-OH is 1. The molecule has 0 radical (unpaired) electrons. The Balaban J connectivity index is 1.59. The highest BCUT2D eigenvalue weighted by atomic mass is 16.6. The standard InChI is InChI=1S/C29H25NO6/c1-2-14-34-22-11-8-20(9-12-22)26-25(27(31)21-10-13-23-24(17-21)36-16-15-35-23)28(32)29(33)30(26)18-19-6-4-3-5-7-19/h2-13,17,26,31H,1,14-16,18H2/t26-/m0/s1. The number of hydrogen-bond donors (Lipinski definition) is 1. The van der Waals surface area contributed by atoms with Crippen molar-refractivity contribution >= 4 is 17.4 Å². The summed E-state index contributed by atoms with van der Waals surface area (Å²) in [5.41, 5.74) is 1.94. The third-order valence-electron chi connectivity index (χ3n) is 6.12. The second-order valence-electron chi connectivity index (χ2n) is 8.44. The quantitative estimate of drug-likeness (QED) is 0.228. The molecular weight excluding hydrogens is 458 g/mol. The number of ether oxygens (including phenoxy) is 3. The first-order chi connectivity index (χ1) is 17.6. The Kier molecular flexibility index (Phi) is 6.45. The number of Topliss-reactive ketones (excluding diaryl/α,β-unsaturated/α-hetero) is 1. The Morgan fingerprint density at radius 3 is 2.44 bits per heavy atom. The maximum absolute atomic E-state index is 13.3. The molecule has 2 aliphatic heterocycles. The van der Waals surface area contributed by atoms with Crippen LogP contribution >= 0.6 is 0 Å². The minimum absolute atomic E-state index is 0.0207. The van der Waals surface area contributed by atoms with Crippen molar-refractivity contribution < 1.29 is 28.9 Å². The zero-order chi connectivity index (χ0) is 25.1. The molecule has 5 rings (SSSR count). The average molecular weight is 484 g/mol. The smallest absolute Gasteiger partial charge is 0.295 e. The van der Waals surface area contributed by atoms with Gasteiger partial charge in [0.25, 0.3) is 11.7 Å². The van der Waals surface area contributed by atoms with Gasteiger partial charge in [0.05, 0.1) is 11.6 Å². The van der Waals surface area contributed by atoms with E-state index in [0.717, 1.165) is 5.56 Å². The van der Waals surface area contributed by atoms with Crippen LogP contribution < -0.4 is 14.2 Å². The number of carbonyl (C=O) groups is 2. The van der Waals surface area contributed by atoms with Crippen LogP contribution in [-0.4, -0.2) is 41.5 Å². The van der Waals surface area contributed by atoms with Crippen molar-refractivity contribution in [3.8, 4) is 17.2 Å². The fourth-order valence-electron chi connectivity index (χ4n) is 4.42. The number of ketones is 1. The minimum atomic E-state index is -0.785. The van der Waals surface area contributed by atoms with Crippen molar-refractivity contribution in [3.05, 3.63) is 108 Å². The van der Waals surface area contributed by atoms with Gasteiger partial charge >= 0.3 is 0 Å². The number of rotatable bonds is 7. The molecule has 0 aliphatic carbocycles. The van der Waals surface area contributed by atoms with Gasteiger partial charge < -0.3 is 24.2 Å². The topological polar surface area (TPSA) is 85.3 Å². The molecule has 2 heterocycles. The molecule has 0 spiro atoms. The highest BCUT2D eigenvalue weighted by molar-refractivity contribution is 6.46. The summed E-state index contributed by atoms with van der Waals surface area (Å²) in [5, 5.41) is 11.3. The van der Waals surface area contributed by atoms with Crippen LogP contribution in [0.3, 0.4) is 0 Å². The number of hydrogen-bond acceptors (Lipinski definition) is 6. The average Bonchev–Trinajstić information content (AvgIpc) is 3.17. The number of likely N-dealkylation sites (tertiary alicyclic amines) is 1. The van der Waals surface area contributed by atoms with E-state index in [2.05, 4.69) is 6.58 Å². The second kappa shape index (κ2) is 10.00. The highest BCUT2D eigenvalue weighted by Crippen LogP contribution is 2.42. The van der Waals surface area contributed by atoms with Gasteiger partial charge in [-0.3, -0.25) is 9.59 Å². The molecule has 7 heteroatoms. The van der Waals surface area contributed by atoms with Crippen LogP contribution in [0.5, 0.6) is 17.2 Å². The van der Waals surface area contributed by atoms with E-state index >= 15 is 0 Å². The van der Waals surface area contributed by atoms with E-state index in [1.807, 2.05) is 30.3 Å². The third-order valence-corrected chi connectivity index (χ3v) is 6.12. The first-order valence-electron chi connectivity index (χ1n) is 11.6. The van der Waals surface area contributed by atoms with Gasteiger partial charge in [0, 0.05) is 12.1 Å². The van der Waals surface area contributed by atoms with Crippen LogP contribution in [0.2, 0.25) is 0 Å². The maximum atomic E-state index is 13.3. The lowest BCUT2D eigenvalue weighted by atomic mass is 9.95. The number of aliphatic hydroxyl groups is 1. The summed E-state index contributed by atoms with van der Waals surface area (Å²) in [4.78, 5) is 28.0. The summed E-state index contributed by atoms with van der Waals surface area (Å²) in [6.07, 6.45) is 1.65. The predicted octanol–water partition coefficient (Wildman–Crippen LogP) is 4.64. The fourth-order valence-corrected chi connectivity index (χ4v) is 4.42. The SMILES string of the molecule is C=CCOc1ccc([C@H]2C(=C(O)c3ccc4c(c3)OCCO4)C(=O)C(=O)N2Cc2ccccc2)cc1. The molecule has 182 valence electrons. The molecule has 1 amide bonds. The zero-order valence-corrected chi connectivity index (χ0v) is 19.6. The molecular formula is C29H25NO6. The van der Waals surface area contributed by atoms with Crippen LogP contribution in [0.25, 0.3) is 5.76 Å². The predicted molar refractivity (Wildman–Crippen MR) is 134 cm³/mol. The summed E-state index contributed by atoms with van der Waals surface area (Å²) in [7, 11) is 0. The molecule has 0 saturated carbocycles. The van der Waals surface area contributed by atoms with Gasteiger partial charge in [0.15, 0.2) is 11.5 Å². The number of nitrogens with zero attached hydrogens (tertiary/aromatic N) is 1. The number of carbonyl (C=O) groups excluding carboxylic acids is 2. The molecule has 0 unspecified atom stereocenters. The molecule has 3 aromatic rings. The Morgan fingerprint density at radius 1 is 1.00 bits per heavy atom. The van der Waals surface area contributed by atoms with Crippen molar-refractivity contribution in [2.75, 3.05) is 19.8 Å². The maximum Gasteiger partial charge on any atom is 0.295 e. The molecule has 1 atom stereocenters. The first kappa shape index (κ1) is 23.2. The number of amides is 1. The van der Waals surface area contributed by atoms with E-state index in [9.17, 15) is 14.7 Å². The molecule has 3 aromatic carbocycles. The van der Waals surface area contributed by atoms with Crippen LogP contribution in [0.15, 0.2) is 91.0 Å². The Morgan fingerprint density at radius 2 is 1.72 bits per heavy atom. The van der Waals surface area contributed by atoms with Crippen molar-refractivity contribution in [2.45, 2.75) is 12.6 Å². The molecule has 1 saturated heterocycles. The normalized spacial score (nSPS) is 18.2. The molecule has 1 N–H and O–H groups in total. The molecule has 0 aromatic heterocycles. The molecule has 36 heavy (non-hydrogen) atoms. The van der Waals surface area contributed by atoms with Gasteiger partial charge in [-0.25, -0.2) is 0 Å². The summed E-state index contributed by atoms with van der Waals surface area (Å²) in [5.74, 6) is -0.00771. The lowest BCUT2D eigenvalue weighted by Crippen LogP contribution is -2.29. The van der Waals surface area contributed by atoms with Gasteiger partial charge in [-0.15, -0.1) is 0 Å². The molecule has 0 bridgehead atoms. The highest BCUT2D eigenvalue weighted by Gasteiger charge is 2.46. The zero-order valence-electron chi connectivity index (χ0n) is 19.6. The van der Waals surface area contributed by atoms with E-state index in [4.69, 9.17) is 14.2 Å². The van der Waals surface area contributed by atoms with Gasteiger partial charge in [-0.1, -0.05) is 55.1 Å². The number of fused-ring (bicyclic) bond motifs is 1. The van der Waals surface area contributed by atoms with E-state index in [0.29, 0.717) is 48.2 Å². The van der Waals surface area contributed by atoms with Crippen molar-refractivity contribution in [1.29, 1.82) is 0 Å². The first-order valence-corrected chi connectivity index (χ1v) is 11.6. The Hall–Kier alpha value is -4.52. The summed E-state index contributed by atoms with van der Waals surface area (Å²) >= 11 is 0. The van der Waals surface area contributed by atoms with Gasteiger partial charge in [0.2, 0.25) is 0 Å². The van der Waals surface area contributed by atoms with Crippen molar-refractivity contribution in [2.24, 2.45) is 0 Å². The van der Waals surface area contributed by atoms with Gasteiger partial charge in [-0.2, -0.15) is 0 Å². The lowest BCUT2D eigenvalue weighted by molar-refractivity contribution is -0.140. The summed E-state index contributed by atoms with van der Waals surface area (Å²) < 4.78 is 16.8. The molecule has 7 nitrogen and oxygen atoms in total. The van der Waals surface area contributed by atoms with Gasteiger partial charge in [0.1, 0.15) is 31.3 Å². The van der Waals surface area contributed by atoms with Crippen molar-refractivity contribution in [1.82, 2.24) is 4.90 Å². The van der Waals surface area contributed by atoms with Crippen LogP contribution in [0.4, 0.5) is 0 Å². The Bertz CT molecular complexity index is 1330. The van der Waals surface area contributed by atoms with Crippen LogP contribution in [-0.2, 0) is 16.1 Å². The van der Waals surface area contributed by atoms with E-state index in [-0.39, 0.29) is 17.9 Å². The fraction of sp³-hybridized carbons (Fsp3) is 0.172. The summed E-state index contributed by atoms with van der Waals surface area (Å²) in [6, 6.07) is 20.7. The van der Waals surface area contributed by atoms with Gasteiger partial charge in [-0.05, 0) is 41.5 Å². The Labute approximate surface area is 208 Å². The van der Waals surface area contributed by atoms with E-state index in [1.54, 1.807) is 48.5 Å². The summed E-state index contributed by atoms with van der Waals surface area (Å²) in [6.45, 7) is 5.05. The third kappa shape index (κ3) is 4.43. The van der Waals surface area contributed by atoms with Crippen molar-refractivity contribution in [3.63, 3.8) is 0 Å². The largest absolute Gasteiger partial charge is 0.507 e. The molecule has 2 aliphatic rings. The lowest BCUT2D eigenvalue weighted by Gasteiger charge is -2.26.